The number of likely N-dealkylation sites (tertiary alicyclic amines) is 1. The molecule has 3 heterocycles. The normalized spacial score (nSPS) is 18.3. The second kappa shape index (κ2) is 7.52. The maximum atomic E-state index is 12.3. The number of nitrogens with one attached hydrogen (secondary N) is 1. The second-order valence-corrected chi connectivity index (χ2v) is 7.17. The first-order chi connectivity index (χ1) is 11.2. The average molecular weight is 347 g/mol. The van der Waals surface area contributed by atoms with Gasteiger partial charge in [-0.05, 0) is 30.4 Å². The Bertz CT molecular complexity index is 680. The van der Waals surface area contributed by atoms with E-state index in [-0.39, 0.29) is 17.7 Å². The van der Waals surface area contributed by atoms with Crippen LogP contribution in [0.5, 0.6) is 0 Å². The maximum Gasteiger partial charge on any atom is 0.246 e. The van der Waals surface area contributed by atoms with E-state index in [0.29, 0.717) is 18.2 Å². The summed E-state index contributed by atoms with van der Waals surface area (Å²) in [6.07, 6.45) is 6.72. The summed E-state index contributed by atoms with van der Waals surface area (Å²) in [6.45, 7) is 1.17. The second-order valence-electron chi connectivity index (χ2n) is 5.30. The van der Waals surface area contributed by atoms with Crippen LogP contribution >= 0.6 is 22.7 Å². The van der Waals surface area contributed by atoms with E-state index in [9.17, 15) is 9.59 Å². The van der Waals surface area contributed by atoms with Crippen molar-refractivity contribution in [1.29, 1.82) is 0 Å². The lowest BCUT2D eigenvalue weighted by atomic mass is 9.97. The van der Waals surface area contributed by atoms with Crippen molar-refractivity contribution in [3.05, 3.63) is 40.0 Å². The number of anilines is 1. The Morgan fingerprint density at radius 1 is 1.35 bits per heavy atom. The van der Waals surface area contributed by atoms with E-state index in [1.165, 1.54) is 11.3 Å². The van der Waals surface area contributed by atoms with Crippen LogP contribution in [0, 0.1) is 5.92 Å². The van der Waals surface area contributed by atoms with Crippen molar-refractivity contribution in [3.63, 3.8) is 0 Å². The van der Waals surface area contributed by atoms with Gasteiger partial charge in [0.25, 0.3) is 0 Å². The number of piperidine rings is 1. The SMILES string of the molecule is O=C(Nc1nccs1)[C@@H]1CCCN(C(=O)/C=C/c2cccs2)C1. The molecule has 1 saturated heterocycles. The number of rotatable bonds is 4. The largest absolute Gasteiger partial charge is 0.338 e. The van der Waals surface area contributed by atoms with Gasteiger partial charge in [0.15, 0.2) is 5.13 Å². The number of hydrogen-bond donors (Lipinski definition) is 1. The number of carbonyl (C=O) groups excluding carboxylic acids is 2. The summed E-state index contributed by atoms with van der Waals surface area (Å²) in [5.41, 5.74) is 0. The van der Waals surface area contributed by atoms with E-state index in [1.54, 1.807) is 28.5 Å². The van der Waals surface area contributed by atoms with Crippen LogP contribution in [-0.2, 0) is 9.59 Å². The summed E-state index contributed by atoms with van der Waals surface area (Å²) in [6, 6.07) is 3.92. The molecule has 0 unspecified atom stereocenters. The lowest BCUT2D eigenvalue weighted by molar-refractivity contribution is -0.130. The zero-order valence-electron chi connectivity index (χ0n) is 12.5. The summed E-state index contributed by atoms with van der Waals surface area (Å²) < 4.78 is 0. The molecule has 2 aromatic heterocycles. The molecular formula is C16H17N3O2S2. The molecule has 1 fully saturated rings. The van der Waals surface area contributed by atoms with Crippen LogP contribution in [0.2, 0.25) is 0 Å². The predicted molar refractivity (Wildman–Crippen MR) is 93.4 cm³/mol. The number of amides is 2. The molecule has 0 aromatic carbocycles. The van der Waals surface area contributed by atoms with E-state index in [0.717, 1.165) is 17.7 Å². The topological polar surface area (TPSA) is 62.3 Å². The number of aromatic nitrogens is 1. The third-order valence-electron chi connectivity index (χ3n) is 3.70. The summed E-state index contributed by atoms with van der Waals surface area (Å²) in [5, 5.41) is 7.22. The van der Waals surface area contributed by atoms with Gasteiger partial charge in [-0.3, -0.25) is 9.59 Å². The Morgan fingerprint density at radius 3 is 3.00 bits per heavy atom. The molecule has 1 aliphatic heterocycles. The van der Waals surface area contributed by atoms with E-state index >= 15 is 0 Å². The van der Waals surface area contributed by atoms with Gasteiger partial charge in [0.05, 0.1) is 5.92 Å². The highest BCUT2D eigenvalue weighted by Crippen LogP contribution is 2.20. The fraction of sp³-hybridized carbons (Fsp3) is 0.312. The lowest BCUT2D eigenvalue weighted by Gasteiger charge is -2.31. The van der Waals surface area contributed by atoms with Crippen LogP contribution in [0.4, 0.5) is 5.13 Å². The number of hydrogen-bond acceptors (Lipinski definition) is 5. The van der Waals surface area contributed by atoms with Gasteiger partial charge >= 0.3 is 0 Å². The van der Waals surface area contributed by atoms with Gasteiger partial charge in [-0.15, -0.1) is 22.7 Å². The minimum Gasteiger partial charge on any atom is -0.338 e. The molecule has 1 atom stereocenters. The van der Waals surface area contributed by atoms with Crippen molar-refractivity contribution in [1.82, 2.24) is 9.88 Å². The zero-order chi connectivity index (χ0) is 16.1. The first-order valence-electron chi connectivity index (χ1n) is 7.43. The smallest absolute Gasteiger partial charge is 0.246 e. The quantitative estimate of drug-likeness (QED) is 0.865. The molecule has 2 amide bonds. The maximum absolute atomic E-state index is 12.3. The van der Waals surface area contributed by atoms with Gasteiger partial charge in [0.1, 0.15) is 0 Å². The minimum atomic E-state index is -0.174. The van der Waals surface area contributed by atoms with E-state index in [2.05, 4.69) is 10.3 Å². The molecule has 0 saturated carbocycles. The van der Waals surface area contributed by atoms with Gasteiger partial charge in [-0.1, -0.05) is 6.07 Å². The van der Waals surface area contributed by atoms with Gasteiger partial charge in [0.2, 0.25) is 11.8 Å². The molecule has 0 radical (unpaired) electrons. The lowest BCUT2D eigenvalue weighted by Crippen LogP contribution is -2.43. The molecule has 23 heavy (non-hydrogen) atoms. The third-order valence-corrected chi connectivity index (χ3v) is 5.23. The minimum absolute atomic E-state index is 0.0369. The monoisotopic (exact) mass is 347 g/mol. The average Bonchev–Trinajstić information content (AvgIpc) is 3.26. The van der Waals surface area contributed by atoms with Crippen LogP contribution < -0.4 is 5.32 Å². The summed E-state index contributed by atoms with van der Waals surface area (Å²) >= 11 is 2.99. The van der Waals surface area contributed by atoms with Crippen LogP contribution in [0.25, 0.3) is 6.08 Å². The Balaban J connectivity index is 1.57. The molecular weight excluding hydrogens is 330 g/mol. The highest BCUT2D eigenvalue weighted by Gasteiger charge is 2.27. The van der Waals surface area contributed by atoms with E-state index in [4.69, 9.17) is 0 Å². The van der Waals surface area contributed by atoms with Crippen LogP contribution in [0.1, 0.15) is 17.7 Å². The molecule has 0 spiro atoms. The Hall–Kier alpha value is -1.99. The molecule has 1 aliphatic rings. The van der Waals surface area contributed by atoms with Gasteiger partial charge in [0, 0.05) is 35.6 Å². The number of nitrogens with zero attached hydrogens (tertiary/aromatic N) is 2. The van der Waals surface area contributed by atoms with Gasteiger partial charge < -0.3 is 10.2 Å². The Morgan fingerprint density at radius 2 is 2.26 bits per heavy atom. The summed E-state index contributed by atoms with van der Waals surface area (Å²) in [5.74, 6) is -0.267. The van der Waals surface area contributed by atoms with Crippen molar-refractivity contribution < 1.29 is 9.59 Å². The molecule has 0 bridgehead atoms. The van der Waals surface area contributed by atoms with Crippen molar-refractivity contribution in [2.24, 2.45) is 5.92 Å². The molecule has 5 nitrogen and oxygen atoms in total. The molecule has 2 aromatic rings. The molecule has 0 aliphatic carbocycles. The fourth-order valence-corrected chi connectivity index (χ4v) is 3.68. The zero-order valence-corrected chi connectivity index (χ0v) is 14.1. The highest BCUT2D eigenvalue weighted by molar-refractivity contribution is 7.13. The first-order valence-corrected chi connectivity index (χ1v) is 9.19. The number of carbonyl (C=O) groups is 2. The van der Waals surface area contributed by atoms with Crippen molar-refractivity contribution in [2.45, 2.75) is 12.8 Å². The van der Waals surface area contributed by atoms with Crippen LogP contribution in [-0.4, -0.2) is 34.8 Å². The van der Waals surface area contributed by atoms with Gasteiger partial charge in [-0.25, -0.2) is 4.98 Å². The third kappa shape index (κ3) is 4.27. The summed E-state index contributed by atoms with van der Waals surface area (Å²) in [7, 11) is 0. The van der Waals surface area contributed by atoms with Crippen LogP contribution in [0.3, 0.4) is 0 Å². The molecule has 1 N–H and O–H groups in total. The molecule has 120 valence electrons. The van der Waals surface area contributed by atoms with Gasteiger partial charge in [-0.2, -0.15) is 0 Å². The van der Waals surface area contributed by atoms with Crippen molar-refractivity contribution in [3.8, 4) is 0 Å². The first kappa shape index (κ1) is 15.9. The standard InChI is InChI=1S/C16H17N3O2S2/c20-14(6-5-13-4-2-9-22-13)19-8-1-3-12(11-19)15(21)18-16-17-7-10-23-16/h2,4-7,9-10,12H,1,3,8,11H2,(H,17,18,21)/b6-5+/t12-/m1/s1. The van der Waals surface area contributed by atoms with E-state index in [1.807, 2.05) is 29.0 Å². The highest BCUT2D eigenvalue weighted by atomic mass is 32.1. The molecule has 3 rings (SSSR count). The van der Waals surface area contributed by atoms with Crippen molar-refractivity contribution >= 4 is 45.7 Å². The Labute approximate surface area is 142 Å². The Kier molecular flexibility index (Phi) is 5.19. The summed E-state index contributed by atoms with van der Waals surface area (Å²) in [4.78, 5) is 31.4. The van der Waals surface area contributed by atoms with E-state index < -0.39 is 0 Å². The molecule has 7 heteroatoms. The number of thiophene rings is 1. The fourth-order valence-electron chi connectivity index (χ4n) is 2.53. The number of thiazole rings is 1. The van der Waals surface area contributed by atoms with Crippen molar-refractivity contribution in [2.75, 3.05) is 18.4 Å². The van der Waals surface area contributed by atoms with Crippen LogP contribution in [0.15, 0.2) is 35.2 Å². The predicted octanol–water partition coefficient (Wildman–Crippen LogP) is 3.10.